The number of aliphatic hydroxyl groups excluding tert-OH is 1. The summed E-state index contributed by atoms with van der Waals surface area (Å²) in [4.78, 5) is 25.0. The summed E-state index contributed by atoms with van der Waals surface area (Å²) >= 11 is 4.57. The number of hydrogen-bond acceptors (Lipinski definition) is 6. The fourth-order valence-corrected chi connectivity index (χ4v) is 3.65. The van der Waals surface area contributed by atoms with E-state index in [-0.39, 0.29) is 24.8 Å². The van der Waals surface area contributed by atoms with E-state index < -0.39 is 29.5 Å². The highest BCUT2D eigenvalue weighted by atomic mass is 32.1. The quantitative estimate of drug-likeness (QED) is 0.179. The molecule has 176 valence electrons. The highest BCUT2D eigenvalue weighted by molar-refractivity contribution is 7.80. The smallest absolute Gasteiger partial charge is 0.326 e. The summed E-state index contributed by atoms with van der Waals surface area (Å²) in [5, 5.41) is 24.5. The molecule has 6 N–H and O–H groups in total. The van der Waals surface area contributed by atoms with Gasteiger partial charge >= 0.3 is 5.97 Å². The van der Waals surface area contributed by atoms with Crippen LogP contribution in [0.15, 0.2) is 30.3 Å². The average molecular weight is 454 g/mol. The third kappa shape index (κ3) is 8.80. The lowest BCUT2D eigenvalue weighted by Crippen LogP contribution is -2.69. The number of aliphatic hydroxyl groups is 1. The zero-order valence-corrected chi connectivity index (χ0v) is 19.8. The first kappa shape index (κ1) is 27.4. The molecular weight excluding hydrogens is 414 g/mol. The number of carboxylic acid groups (broad SMARTS) is 1. The largest absolute Gasteiger partial charge is 0.480 e. The summed E-state index contributed by atoms with van der Waals surface area (Å²) in [6, 6.07) is 7.85. The molecule has 1 aromatic rings. The Balaban J connectivity index is 3.29. The first-order valence-corrected chi connectivity index (χ1v) is 11.6. The van der Waals surface area contributed by atoms with Crippen LogP contribution in [0.5, 0.6) is 0 Å². The highest BCUT2D eigenvalue weighted by Gasteiger charge is 2.43. The number of carbonyl (C=O) groups excluding carboxylic acids is 1. The van der Waals surface area contributed by atoms with Gasteiger partial charge in [0.15, 0.2) is 0 Å². The van der Waals surface area contributed by atoms with Gasteiger partial charge in [0.2, 0.25) is 5.91 Å². The third-order valence-electron chi connectivity index (χ3n) is 5.83. The van der Waals surface area contributed by atoms with Crippen LogP contribution in [0.3, 0.4) is 0 Å². The first-order valence-electron chi connectivity index (χ1n) is 11.1. The van der Waals surface area contributed by atoms with Gasteiger partial charge in [-0.25, -0.2) is 4.79 Å². The monoisotopic (exact) mass is 453 g/mol. The van der Waals surface area contributed by atoms with E-state index >= 15 is 0 Å². The van der Waals surface area contributed by atoms with Crippen molar-refractivity contribution < 1.29 is 19.8 Å². The summed E-state index contributed by atoms with van der Waals surface area (Å²) < 4.78 is 0. The molecule has 1 amide bonds. The Kier molecular flexibility index (Phi) is 12.1. The van der Waals surface area contributed by atoms with Crippen molar-refractivity contribution in [1.29, 1.82) is 0 Å². The van der Waals surface area contributed by atoms with Crippen LogP contribution in [0, 0.1) is 5.92 Å². The molecule has 1 aromatic carbocycles. The number of amides is 1. The maximum Gasteiger partial charge on any atom is 0.326 e. The van der Waals surface area contributed by atoms with Crippen LogP contribution >= 0.6 is 12.6 Å². The minimum Gasteiger partial charge on any atom is -0.480 e. The van der Waals surface area contributed by atoms with Crippen molar-refractivity contribution in [3.8, 4) is 0 Å². The fourth-order valence-electron chi connectivity index (χ4n) is 3.47. The average Bonchev–Trinajstić information content (AvgIpc) is 2.75. The lowest BCUT2D eigenvalue weighted by atomic mass is 9.79. The minimum atomic E-state index is -1.39. The molecule has 0 aliphatic carbocycles. The molecular formula is C23H39N3O4S. The van der Waals surface area contributed by atoms with E-state index in [0.29, 0.717) is 12.3 Å². The number of carbonyl (C=O) groups is 2. The van der Waals surface area contributed by atoms with E-state index in [4.69, 9.17) is 5.73 Å². The predicted octanol–water partition coefficient (Wildman–Crippen LogP) is 2.33. The summed E-state index contributed by atoms with van der Waals surface area (Å²) in [5.74, 6) is -1.28. The van der Waals surface area contributed by atoms with Gasteiger partial charge in [-0.15, -0.1) is 0 Å². The number of nitrogens with one attached hydrogen (secondary N) is 2. The van der Waals surface area contributed by atoms with E-state index in [9.17, 15) is 19.8 Å². The van der Waals surface area contributed by atoms with Gasteiger partial charge in [0, 0.05) is 25.5 Å². The number of rotatable bonds is 15. The van der Waals surface area contributed by atoms with Gasteiger partial charge < -0.3 is 26.6 Å². The van der Waals surface area contributed by atoms with Crippen molar-refractivity contribution in [2.75, 3.05) is 6.61 Å². The molecule has 7 nitrogen and oxygen atoms in total. The lowest BCUT2D eigenvalue weighted by Gasteiger charge is -2.39. The van der Waals surface area contributed by atoms with Crippen LogP contribution in [-0.4, -0.2) is 51.7 Å². The van der Waals surface area contributed by atoms with E-state index in [1.807, 2.05) is 37.3 Å². The Labute approximate surface area is 191 Å². The molecule has 0 aliphatic rings. The van der Waals surface area contributed by atoms with Crippen molar-refractivity contribution in [2.24, 2.45) is 11.7 Å². The van der Waals surface area contributed by atoms with Crippen LogP contribution in [0.4, 0.5) is 0 Å². The van der Waals surface area contributed by atoms with E-state index in [1.54, 1.807) is 0 Å². The number of nitrogens with two attached hydrogens (primary N) is 1. The summed E-state index contributed by atoms with van der Waals surface area (Å²) in [6.07, 6.45) is 3.45. The van der Waals surface area contributed by atoms with Crippen molar-refractivity contribution in [3.05, 3.63) is 35.9 Å². The Morgan fingerprint density at radius 3 is 2.29 bits per heavy atom. The van der Waals surface area contributed by atoms with Gasteiger partial charge in [-0.2, -0.15) is 12.6 Å². The third-order valence-corrected chi connectivity index (χ3v) is 6.34. The second-order valence-corrected chi connectivity index (χ2v) is 8.94. The Bertz CT molecular complexity index is 676. The standard InChI is InChI=1S/C23H39N3O4S/c1-4-16(3)11-12-19(26-20(31)5-2)23(24,15-17-9-7-6-8-10-17)22(30)25-18(13-14-27)21(28)29/h6-10,16,18-20,26-27,31H,4-5,11-15,24H2,1-3H3,(H,25,30)(H,28,29). The van der Waals surface area contributed by atoms with Crippen LogP contribution in [0.1, 0.15) is 58.4 Å². The molecule has 0 radical (unpaired) electrons. The number of benzene rings is 1. The molecule has 0 saturated carbocycles. The maximum absolute atomic E-state index is 13.4. The SMILES string of the molecule is CCC(C)CCC(NC(S)CC)C(N)(Cc1ccccc1)C(=O)NC(CCO)C(=O)O. The van der Waals surface area contributed by atoms with Crippen molar-refractivity contribution >= 4 is 24.5 Å². The van der Waals surface area contributed by atoms with Crippen LogP contribution < -0.4 is 16.4 Å². The maximum atomic E-state index is 13.4. The molecule has 1 rings (SSSR count). The van der Waals surface area contributed by atoms with E-state index in [0.717, 1.165) is 24.8 Å². The highest BCUT2D eigenvalue weighted by Crippen LogP contribution is 2.24. The summed E-state index contributed by atoms with van der Waals surface area (Å²) in [6.45, 7) is 5.93. The fraction of sp³-hybridized carbons (Fsp3) is 0.652. The second-order valence-electron chi connectivity index (χ2n) is 8.31. The summed E-state index contributed by atoms with van der Waals surface area (Å²) in [5.41, 5.74) is 6.32. The topological polar surface area (TPSA) is 125 Å². The van der Waals surface area contributed by atoms with Gasteiger partial charge in [-0.1, -0.05) is 57.5 Å². The van der Waals surface area contributed by atoms with Crippen molar-refractivity contribution in [1.82, 2.24) is 10.6 Å². The van der Waals surface area contributed by atoms with Crippen LogP contribution in [-0.2, 0) is 16.0 Å². The Morgan fingerprint density at radius 1 is 1.13 bits per heavy atom. The molecule has 0 heterocycles. The molecule has 8 heteroatoms. The number of hydrogen-bond donors (Lipinski definition) is 6. The number of carboxylic acids is 1. The number of thiol groups is 1. The zero-order valence-electron chi connectivity index (χ0n) is 18.9. The van der Waals surface area contributed by atoms with Gasteiger partial charge in [0.05, 0.1) is 5.37 Å². The molecule has 31 heavy (non-hydrogen) atoms. The molecule has 0 fully saturated rings. The van der Waals surface area contributed by atoms with Crippen molar-refractivity contribution in [3.63, 3.8) is 0 Å². The summed E-state index contributed by atoms with van der Waals surface area (Å²) in [7, 11) is 0. The molecule has 0 aliphatic heterocycles. The van der Waals surface area contributed by atoms with Gasteiger partial charge in [0.1, 0.15) is 11.6 Å². The molecule has 5 atom stereocenters. The van der Waals surface area contributed by atoms with Gasteiger partial charge in [0.25, 0.3) is 0 Å². The predicted molar refractivity (Wildman–Crippen MR) is 127 cm³/mol. The van der Waals surface area contributed by atoms with Gasteiger partial charge in [-0.05, 0) is 30.7 Å². The lowest BCUT2D eigenvalue weighted by molar-refractivity contribution is -0.143. The van der Waals surface area contributed by atoms with E-state index in [1.165, 1.54) is 0 Å². The minimum absolute atomic E-state index is 0.0857. The van der Waals surface area contributed by atoms with E-state index in [2.05, 4.69) is 37.1 Å². The first-order chi connectivity index (χ1) is 14.7. The second kappa shape index (κ2) is 13.7. The molecule has 5 unspecified atom stereocenters. The molecule has 0 spiro atoms. The normalized spacial score (nSPS) is 17.2. The van der Waals surface area contributed by atoms with Gasteiger partial charge in [-0.3, -0.25) is 4.79 Å². The molecule has 0 saturated heterocycles. The number of aliphatic carboxylic acids is 1. The van der Waals surface area contributed by atoms with Crippen LogP contribution in [0.2, 0.25) is 0 Å². The zero-order chi connectivity index (χ0) is 23.4. The molecule has 0 aromatic heterocycles. The Morgan fingerprint density at radius 2 is 1.77 bits per heavy atom. The molecule has 0 bridgehead atoms. The van der Waals surface area contributed by atoms with Crippen molar-refractivity contribution in [2.45, 2.75) is 82.3 Å². The van der Waals surface area contributed by atoms with Crippen LogP contribution in [0.25, 0.3) is 0 Å². The Hall–Kier alpha value is -1.61.